The van der Waals surface area contributed by atoms with Gasteiger partial charge in [-0.1, -0.05) is 25.1 Å². The number of hydrogen-bond acceptors (Lipinski definition) is 4. The lowest BCUT2D eigenvalue weighted by atomic mass is 9.85. The zero-order chi connectivity index (χ0) is 18.1. The van der Waals surface area contributed by atoms with Gasteiger partial charge in [-0.15, -0.1) is 24.8 Å². The fourth-order valence-electron chi connectivity index (χ4n) is 3.22. The van der Waals surface area contributed by atoms with E-state index in [0.717, 1.165) is 30.9 Å². The lowest BCUT2D eigenvalue weighted by Gasteiger charge is -2.28. The molecule has 0 aromatic heterocycles. The van der Waals surface area contributed by atoms with Gasteiger partial charge in [0.2, 0.25) is 5.91 Å². The minimum absolute atomic E-state index is 0. The van der Waals surface area contributed by atoms with Gasteiger partial charge in [0.1, 0.15) is 12.4 Å². The average molecular weight is 420 g/mol. The van der Waals surface area contributed by atoms with Crippen molar-refractivity contribution in [3.05, 3.63) is 29.8 Å². The molecule has 1 saturated heterocycles. The Morgan fingerprint density at radius 2 is 2.07 bits per heavy atom. The normalized spacial score (nSPS) is 17.4. The summed E-state index contributed by atoms with van der Waals surface area (Å²) >= 11 is 0. The molecule has 2 unspecified atom stereocenters. The molecule has 1 amide bonds. The van der Waals surface area contributed by atoms with Crippen LogP contribution >= 0.6 is 24.8 Å². The summed E-state index contributed by atoms with van der Waals surface area (Å²) in [5.74, 6) is 2.01. The maximum Gasteiger partial charge on any atom is 0.220 e. The molecule has 0 spiro atoms. The third-order valence-electron chi connectivity index (χ3n) is 4.89. The molecule has 0 saturated carbocycles. The number of nitrogens with zero attached hydrogens (tertiary/aromatic N) is 1. The topological polar surface area (TPSA) is 53.6 Å². The predicted molar refractivity (Wildman–Crippen MR) is 116 cm³/mol. The second-order valence-corrected chi connectivity index (χ2v) is 7.32. The number of piperidine rings is 1. The molecule has 0 radical (unpaired) electrons. The maximum atomic E-state index is 12.3. The number of ether oxygens (including phenoxy) is 1. The van der Waals surface area contributed by atoms with Crippen LogP contribution in [-0.2, 0) is 11.3 Å². The second-order valence-electron chi connectivity index (χ2n) is 7.32. The highest BCUT2D eigenvalue weighted by Gasteiger charge is 2.22. The average Bonchev–Trinajstić information content (AvgIpc) is 2.61. The summed E-state index contributed by atoms with van der Waals surface area (Å²) in [6.45, 7) is 6.37. The minimum atomic E-state index is 0. The monoisotopic (exact) mass is 419 g/mol. The van der Waals surface area contributed by atoms with Gasteiger partial charge in [-0.2, -0.15) is 0 Å². The van der Waals surface area contributed by atoms with Crippen molar-refractivity contribution in [2.45, 2.75) is 32.7 Å². The van der Waals surface area contributed by atoms with Gasteiger partial charge in [0.15, 0.2) is 0 Å². The van der Waals surface area contributed by atoms with E-state index < -0.39 is 0 Å². The fraction of sp³-hybridized carbons (Fsp3) is 0.650. The summed E-state index contributed by atoms with van der Waals surface area (Å²) in [7, 11) is 4.05. The van der Waals surface area contributed by atoms with Crippen LogP contribution in [0.5, 0.6) is 5.75 Å². The first kappa shape index (κ1) is 26.0. The molecule has 27 heavy (non-hydrogen) atoms. The molecule has 1 aliphatic rings. The Kier molecular flexibility index (Phi) is 13.5. The Balaban J connectivity index is 0.00000338. The standard InChI is InChI=1S/C20H33N3O2.2ClH/c1-16(17-8-6-10-21-14-17)13-20(24)22-15-18-7-4-5-9-19(18)25-12-11-23(2)3;;/h4-5,7,9,16-17,21H,6,8,10-15H2,1-3H3,(H,22,24);2*1H. The van der Waals surface area contributed by atoms with Crippen LogP contribution < -0.4 is 15.4 Å². The first-order valence-corrected chi connectivity index (χ1v) is 9.39. The molecule has 7 heteroatoms. The van der Waals surface area contributed by atoms with E-state index in [9.17, 15) is 4.79 Å². The van der Waals surface area contributed by atoms with E-state index in [4.69, 9.17) is 4.74 Å². The van der Waals surface area contributed by atoms with Crippen LogP contribution in [0.1, 0.15) is 31.7 Å². The van der Waals surface area contributed by atoms with Crippen molar-refractivity contribution in [3.63, 3.8) is 0 Å². The molecule has 2 N–H and O–H groups in total. The van der Waals surface area contributed by atoms with Crippen molar-refractivity contribution in [1.82, 2.24) is 15.5 Å². The second kappa shape index (κ2) is 14.1. The minimum Gasteiger partial charge on any atom is -0.492 e. The largest absolute Gasteiger partial charge is 0.492 e. The van der Waals surface area contributed by atoms with Crippen LogP contribution in [0, 0.1) is 11.8 Å². The Hall–Kier alpha value is -1.01. The van der Waals surface area contributed by atoms with E-state index in [1.807, 2.05) is 38.4 Å². The smallest absolute Gasteiger partial charge is 0.220 e. The molecule has 0 bridgehead atoms. The number of carbonyl (C=O) groups excluding carboxylic acids is 1. The van der Waals surface area contributed by atoms with Crippen LogP contribution in [-0.4, -0.2) is 51.1 Å². The molecule has 1 aromatic carbocycles. The molecule has 1 fully saturated rings. The van der Waals surface area contributed by atoms with E-state index in [0.29, 0.717) is 31.4 Å². The fourth-order valence-corrected chi connectivity index (χ4v) is 3.22. The number of benzene rings is 1. The highest BCUT2D eigenvalue weighted by molar-refractivity contribution is 5.85. The number of amides is 1. The highest BCUT2D eigenvalue weighted by atomic mass is 35.5. The van der Waals surface area contributed by atoms with Gasteiger partial charge in [0.05, 0.1) is 0 Å². The van der Waals surface area contributed by atoms with Crippen molar-refractivity contribution < 1.29 is 9.53 Å². The molecule has 0 aliphatic carbocycles. The number of likely N-dealkylation sites (N-methyl/N-ethyl adjacent to an activating group) is 1. The van der Waals surface area contributed by atoms with Gasteiger partial charge in [-0.25, -0.2) is 0 Å². The quantitative estimate of drug-likeness (QED) is 0.645. The summed E-state index contributed by atoms with van der Waals surface area (Å²) in [4.78, 5) is 14.4. The molecule has 5 nitrogen and oxygen atoms in total. The summed E-state index contributed by atoms with van der Waals surface area (Å²) in [5, 5.41) is 6.49. The number of para-hydroxylation sites is 1. The number of halogens is 2. The third-order valence-corrected chi connectivity index (χ3v) is 4.89. The van der Waals surface area contributed by atoms with Crippen LogP contribution in [0.4, 0.5) is 0 Å². The van der Waals surface area contributed by atoms with Crippen LogP contribution in [0.25, 0.3) is 0 Å². The zero-order valence-electron chi connectivity index (χ0n) is 16.7. The van der Waals surface area contributed by atoms with Gasteiger partial charge in [-0.3, -0.25) is 4.79 Å². The van der Waals surface area contributed by atoms with Gasteiger partial charge < -0.3 is 20.3 Å². The Morgan fingerprint density at radius 1 is 1.33 bits per heavy atom. The summed E-state index contributed by atoms with van der Waals surface area (Å²) in [5.41, 5.74) is 1.03. The van der Waals surface area contributed by atoms with Crippen molar-refractivity contribution in [2.75, 3.05) is 40.3 Å². The molecular weight excluding hydrogens is 385 g/mol. The van der Waals surface area contributed by atoms with Crippen LogP contribution in [0.2, 0.25) is 0 Å². The number of nitrogens with one attached hydrogen (secondary N) is 2. The van der Waals surface area contributed by atoms with E-state index in [1.165, 1.54) is 12.8 Å². The molecule has 1 aromatic rings. The van der Waals surface area contributed by atoms with E-state index >= 15 is 0 Å². The van der Waals surface area contributed by atoms with E-state index in [2.05, 4.69) is 22.5 Å². The van der Waals surface area contributed by atoms with Gasteiger partial charge in [0, 0.05) is 25.1 Å². The highest BCUT2D eigenvalue weighted by Crippen LogP contribution is 2.23. The maximum absolute atomic E-state index is 12.3. The molecule has 2 rings (SSSR count). The summed E-state index contributed by atoms with van der Waals surface area (Å²) in [6, 6.07) is 7.93. The first-order chi connectivity index (χ1) is 12.1. The van der Waals surface area contributed by atoms with Crippen molar-refractivity contribution in [2.24, 2.45) is 11.8 Å². The molecular formula is C20H35Cl2N3O2. The van der Waals surface area contributed by atoms with E-state index in [-0.39, 0.29) is 30.7 Å². The van der Waals surface area contributed by atoms with Crippen molar-refractivity contribution in [1.29, 1.82) is 0 Å². The zero-order valence-corrected chi connectivity index (χ0v) is 18.3. The van der Waals surface area contributed by atoms with Crippen LogP contribution in [0.3, 0.4) is 0 Å². The number of hydrogen-bond donors (Lipinski definition) is 2. The van der Waals surface area contributed by atoms with Crippen molar-refractivity contribution in [3.8, 4) is 5.75 Å². The molecule has 2 atom stereocenters. The number of carbonyl (C=O) groups is 1. The SMILES string of the molecule is CC(CC(=O)NCc1ccccc1OCCN(C)C)C1CCCNC1.Cl.Cl. The molecule has 1 aliphatic heterocycles. The van der Waals surface area contributed by atoms with Crippen LogP contribution in [0.15, 0.2) is 24.3 Å². The summed E-state index contributed by atoms with van der Waals surface area (Å²) < 4.78 is 5.86. The number of rotatable bonds is 9. The Morgan fingerprint density at radius 3 is 2.74 bits per heavy atom. The predicted octanol–water partition coefficient (Wildman–Crippen LogP) is 3.11. The van der Waals surface area contributed by atoms with E-state index in [1.54, 1.807) is 0 Å². The Bertz CT molecular complexity index is 538. The Labute approximate surface area is 176 Å². The third kappa shape index (κ3) is 9.65. The van der Waals surface area contributed by atoms with Gasteiger partial charge in [-0.05, 0) is 57.9 Å². The summed E-state index contributed by atoms with van der Waals surface area (Å²) in [6.07, 6.45) is 3.04. The van der Waals surface area contributed by atoms with Gasteiger partial charge >= 0.3 is 0 Å². The molecule has 1 heterocycles. The lowest BCUT2D eigenvalue weighted by molar-refractivity contribution is -0.122. The lowest BCUT2D eigenvalue weighted by Crippen LogP contribution is -2.35. The molecule has 156 valence electrons. The van der Waals surface area contributed by atoms with Crippen molar-refractivity contribution >= 4 is 30.7 Å². The first-order valence-electron chi connectivity index (χ1n) is 9.39. The van der Waals surface area contributed by atoms with Gasteiger partial charge in [0.25, 0.3) is 0 Å².